The summed E-state index contributed by atoms with van der Waals surface area (Å²) in [5.41, 5.74) is 0. The normalized spacial score (nSPS) is 12.7. The fourth-order valence-electron chi connectivity index (χ4n) is 0.983. The van der Waals surface area contributed by atoms with E-state index in [4.69, 9.17) is 9.47 Å². The Morgan fingerprint density at radius 2 is 2.00 bits per heavy atom. The molecule has 0 aliphatic rings. The first kappa shape index (κ1) is 17.2. The van der Waals surface area contributed by atoms with Gasteiger partial charge >= 0.3 is 11.9 Å². The summed E-state index contributed by atoms with van der Waals surface area (Å²) >= 11 is 3.19. The van der Waals surface area contributed by atoms with E-state index in [0.29, 0.717) is 6.61 Å². The molecule has 0 aromatic rings. The summed E-state index contributed by atoms with van der Waals surface area (Å²) < 4.78 is 9.31. The topological polar surface area (TPSA) is 52.6 Å². The number of esters is 2. The summed E-state index contributed by atoms with van der Waals surface area (Å²) in [6.45, 7) is 9.03. The van der Waals surface area contributed by atoms with E-state index in [0.717, 1.165) is 12.8 Å². The molecule has 0 bridgehead atoms. The Hall–Kier alpha value is -0.840. The van der Waals surface area contributed by atoms with Crippen molar-refractivity contribution >= 4 is 27.9 Å². The van der Waals surface area contributed by atoms with E-state index < -0.39 is 16.2 Å². The predicted molar refractivity (Wildman–Crippen MR) is 73.5 cm³/mol. The fourth-order valence-corrected chi connectivity index (χ4v) is 1.10. The Balaban J connectivity index is 3.88. The molecule has 0 aromatic carbocycles. The molecule has 0 aromatic heterocycles. The van der Waals surface area contributed by atoms with Crippen LogP contribution in [0.15, 0.2) is 12.7 Å². The molecule has 0 saturated heterocycles. The maximum atomic E-state index is 11.5. The summed E-state index contributed by atoms with van der Waals surface area (Å²) in [7, 11) is 0. The molecule has 5 heteroatoms. The predicted octanol–water partition coefficient (Wildman–Crippen LogP) is 2.85. The van der Waals surface area contributed by atoms with Crippen LogP contribution in [0.2, 0.25) is 0 Å². The Bertz CT molecular complexity index is 294. The summed E-state index contributed by atoms with van der Waals surface area (Å²) in [5, 5.41) is 0. The minimum absolute atomic E-state index is 0.0359. The summed E-state index contributed by atoms with van der Waals surface area (Å²) in [6.07, 6.45) is 3.35. The van der Waals surface area contributed by atoms with E-state index in [2.05, 4.69) is 22.5 Å². The summed E-state index contributed by atoms with van der Waals surface area (Å²) in [5.74, 6) is -1.19. The first-order valence-corrected chi connectivity index (χ1v) is 6.72. The van der Waals surface area contributed by atoms with Crippen LogP contribution in [-0.4, -0.2) is 29.5 Å². The number of carbonyl (C=O) groups is 2. The van der Waals surface area contributed by atoms with E-state index in [1.54, 1.807) is 26.8 Å². The lowest BCUT2D eigenvalue weighted by Crippen LogP contribution is -2.30. The highest BCUT2D eigenvalue weighted by molar-refractivity contribution is 9.10. The monoisotopic (exact) mass is 320 g/mol. The van der Waals surface area contributed by atoms with E-state index in [-0.39, 0.29) is 12.6 Å². The van der Waals surface area contributed by atoms with Crippen LogP contribution >= 0.6 is 15.9 Å². The van der Waals surface area contributed by atoms with E-state index >= 15 is 0 Å². The van der Waals surface area contributed by atoms with Crippen molar-refractivity contribution in [3.63, 3.8) is 0 Å². The van der Waals surface area contributed by atoms with Crippen molar-refractivity contribution in [2.45, 2.75) is 37.9 Å². The Morgan fingerprint density at radius 3 is 2.50 bits per heavy atom. The van der Waals surface area contributed by atoms with Crippen LogP contribution in [0.25, 0.3) is 0 Å². The third-order valence-corrected chi connectivity index (χ3v) is 2.47. The van der Waals surface area contributed by atoms with Gasteiger partial charge in [-0.25, -0.2) is 0 Å². The quantitative estimate of drug-likeness (QED) is 0.299. The lowest BCUT2D eigenvalue weighted by atomic mass is 10.2. The summed E-state index contributed by atoms with van der Waals surface area (Å²) in [6, 6.07) is 0. The van der Waals surface area contributed by atoms with Crippen LogP contribution in [0.1, 0.15) is 33.6 Å². The largest absolute Gasteiger partial charge is 0.465 e. The van der Waals surface area contributed by atoms with Gasteiger partial charge in [0.05, 0.1) is 12.5 Å². The SMILES string of the molecule is C=CCCCOC(=O)C(C)COC(=O)C(C)(C)Br. The first-order valence-electron chi connectivity index (χ1n) is 5.92. The number of allylic oxidation sites excluding steroid dienone is 1. The van der Waals surface area contributed by atoms with Gasteiger partial charge in [0, 0.05) is 0 Å². The third kappa shape index (κ3) is 7.48. The molecule has 18 heavy (non-hydrogen) atoms. The molecule has 104 valence electrons. The molecule has 0 saturated carbocycles. The lowest BCUT2D eigenvalue weighted by molar-refractivity contribution is -0.155. The zero-order chi connectivity index (χ0) is 14.2. The maximum Gasteiger partial charge on any atom is 0.322 e. The number of halogens is 1. The zero-order valence-electron chi connectivity index (χ0n) is 11.2. The molecule has 0 radical (unpaired) electrons. The van der Waals surface area contributed by atoms with Crippen molar-refractivity contribution in [1.29, 1.82) is 0 Å². The van der Waals surface area contributed by atoms with Gasteiger partial charge in [-0.15, -0.1) is 6.58 Å². The Labute approximate surface area is 117 Å². The molecule has 0 amide bonds. The molecule has 0 aliphatic carbocycles. The standard InChI is InChI=1S/C13H21BrO4/c1-5-6-7-8-17-11(15)10(2)9-18-12(16)13(3,4)14/h5,10H,1,6-9H2,2-4H3. The van der Waals surface area contributed by atoms with Gasteiger partial charge < -0.3 is 9.47 Å². The third-order valence-electron chi connectivity index (χ3n) is 2.15. The number of hydrogen-bond acceptors (Lipinski definition) is 4. The van der Waals surface area contributed by atoms with Gasteiger partial charge in [-0.1, -0.05) is 22.0 Å². The minimum Gasteiger partial charge on any atom is -0.465 e. The minimum atomic E-state index is -0.736. The lowest BCUT2D eigenvalue weighted by Gasteiger charge is -2.17. The molecule has 0 rings (SSSR count). The van der Waals surface area contributed by atoms with Crippen LogP contribution < -0.4 is 0 Å². The second-order valence-corrected chi connectivity index (χ2v) is 6.55. The molecule has 0 fully saturated rings. The van der Waals surface area contributed by atoms with Crippen molar-refractivity contribution in [3.05, 3.63) is 12.7 Å². The molecule has 4 nitrogen and oxygen atoms in total. The van der Waals surface area contributed by atoms with Crippen LogP contribution in [0, 0.1) is 5.92 Å². The van der Waals surface area contributed by atoms with Gasteiger partial charge in [-0.05, 0) is 33.6 Å². The highest BCUT2D eigenvalue weighted by Gasteiger charge is 2.27. The average Bonchev–Trinajstić information content (AvgIpc) is 2.29. The molecule has 0 aliphatic heterocycles. The smallest absolute Gasteiger partial charge is 0.322 e. The number of ether oxygens (including phenoxy) is 2. The molecule has 1 unspecified atom stereocenters. The zero-order valence-corrected chi connectivity index (χ0v) is 12.8. The van der Waals surface area contributed by atoms with Crippen molar-refractivity contribution in [3.8, 4) is 0 Å². The van der Waals surface area contributed by atoms with Crippen LogP contribution in [0.5, 0.6) is 0 Å². The number of alkyl halides is 1. The Kier molecular flexibility index (Phi) is 7.91. The highest BCUT2D eigenvalue weighted by Crippen LogP contribution is 2.18. The van der Waals surface area contributed by atoms with E-state index in [9.17, 15) is 9.59 Å². The van der Waals surface area contributed by atoms with Gasteiger partial charge in [0.25, 0.3) is 0 Å². The van der Waals surface area contributed by atoms with Crippen molar-refractivity contribution in [1.82, 2.24) is 0 Å². The number of unbranched alkanes of at least 4 members (excludes halogenated alkanes) is 1. The Morgan fingerprint density at radius 1 is 1.39 bits per heavy atom. The molecule has 0 N–H and O–H groups in total. The highest BCUT2D eigenvalue weighted by atomic mass is 79.9. The number of carbonyl (C=O) groups excluding carboxylic acids is 2. The van der Waals surface area contributed by atoms with Crippen LogP contribution in [0.3, 0.4) is 0 Å². The van der Waals surface area contributed by atoms with Crippen LogP contribution in [0.4, 0.5) is 0 Å². The number of hydrogen-bond donors (Lipinski definition) is 0. The van der Waals surface area contributed by atoms with Crippen LogP contribution in [-0.2, 0) is 19.1 Å². The molecule has 1 atom stereocenters. The summed E-state index contributed by atoms with van der Waals surface area (Å²) in [4.78, 5) is 23.0. The van der Waals surface area contributed by atoms with Gasteiger partial charge in [0.2, 0.25) is 0 Å². The van der Waals surface area contributed by atoms with Crippen molar-refractivity contribution in [2.75, 3.05) is 13.2 Å². The van der Waals surface area contributed by atoms with E-state index in [1.807, 2.05) is 0 Å². The molecular weight excluding hydrogens is 300 g/mol. The second-order valence-electron chi connectivity index (χ2n) is 4.57. The molecule has 0 spiro atoms. The average molecular weight is 321 g/mol. The van der Waals surface area contributed by atoms with Crippen molar-refractivity contribution in [2.24, 2.45) is 5.92 Å². The molecular formula is C13H21BrO4. The number of rotatable bonds is 8. The van der Waals surface area contributed by atoms with Gasteiger partial charge in [0.1, 0.15) is 10.9 Å². The maximum absolute atomic E-state index is 11.5. The van der Waals surface area contributed by atoms with Gasteiger partial charge in [-0.3, -0.25) is 9.59 Å². The van der Waals surface area contributed by atoms with E-state index in [1.165, 1.54) is 0 Å². The first-order chi connectivity index (χ1) is 8.29. The van der Waals surface area contributed by atoms with Gasteiger partial charge in [0.15, 0.2) is 0 Å². The fraction of sp³-hybridized carbons (Fsp3) is 0.692. The van der Waals surface area contributed by atoms with Crippen molar-refractivity contribution < 1.29 is 19.1 Å². The van der Waals surface area contributed by atoms with Gasteiger partial charge in [-0.2, -0.15) is 0 Å². The molecule has 0 heterocycles. The second kappa shape index (κ2) is 8.29.